The second kappa shape index (κ2) is 5.64. The Kier molecular flexibility index (Phi) is 3.72. The van der Waals surface area contributed by atoms with E-state index in [1.54, 1.807) is 6.33 Å². The van der Waals surface area contributed by atoms with Crippen LogP contribution in [0.4, 0.5) is 0 Å². The Balaban J connectivity index is 1.81. The minimum Gasteiger partial charge on any atom is -0.379 e. The summed E-state index contributed by atoms with van der Waals surface area (Å²) in [5.41, 5.74) is 1.04. The molecule has 2 heterocycles. The van der Waals surface area contributed by atoms with Crippen LogP contribution in [0.2, 0.25) is 0 Å². The topological polar surface area (TPSA) is 35.2 Å². The molecule has 2 aromatic rings. The highest BCUT2D eigenvalue weighted by molar-refractivity contribution is 7.71. The van der Waals surface area contributed by atoms with E-state index < -0.39 is 0 Å². The van der Waals surface area contributed by atoms with Gasteiger partial charge in [0.2, 0.25) is 4.77 Å². The van der Waals surface area contributed by atoms with Crippen molar-refractivity contribution in [1.29, 1.82) is 0 Å². The highest BCUT2D eigenvalue weighted by atomic mass is 32.1. The number of hydrogen-bond donors (Lipinski definition) is 0. The first-order valence-corrected chi connectivity index (χ1v) is 6.75. The maximum absolute atomic E-state index is 5.48. The van der Waals surface area contributed by atoms with Crippen molar-refractivity contribution >= 4 is 12.2 Å². The number of morpholine rings is 1. The molecule has 1 aromatic heterocycles. The first-order chi connectivity index (χ1) is 9.34. The third-order valence-electron chi connectivity index (χ3n) is 3.21. The minimum atomic E-state index is 0.720. The molecule has 0 unspecified atom stereocenters. The number of benzene rings is 1. The monoisotopic (exact) mass is 276 g/mol. The van der Waals surface area contributed by atoms with Gasteiger partial charge in [-0.05, 0) is 24.4 Å². The van der Waals surface area contributed by atoms with Crippen LogP contribution in [-0.4, -0.2) is 45.6 Å². The zero-order valence-corrected chi connectivity index (χ0v) is 11.4. The van der Waals surface area contributed by atoms with Crippen molar-refractivity contribution < 1.29 is 4.74 Å². The Bertz CT molecular complexity index is 586. The summed E-state index contributed by atoms with van der Waals surface area (Å²) >= 11 is 5.48. The summed E-state index contributed by atoms with van der Waals surface area (Å²) in [7, 11) is 0. The second-order valence-corrected chi connectivity index (χ2v) is 4.86. The van der Waals surface area contributed by atoms with Gasteiger partial charge in [-0.2, -0.15) is 5.10 Å². The fourth-order valence-electron chi connectivity index (χ4n) is 2.13. The lowest BCUT2D eigenvalue weighted by Gasteiger charge is -2.26. The van der Waals surface area contributed by atoms with Crippen LogP contribution in [0.5, 0.6) is 0 Å². The molecule has 0 bridgehead atoms. The van der Waals surface area contributed by atoms with Gasteiger partial charge in [-0.1, -0.05) is 18.2 Å². The lowest BCUT2D eigenvalue weighted by atomic mass is 10.3. The number of ether oxygens (including phenoxy) is 1. The Morgan fingerprint density at radius 3 is 2.63 bits per heavy atom. The lowest BCUT2D eigenvalue weighted by Crippen LogP contribution is -2.37. The van der Waals surface area contributed by atoms with Crippen molar-refractivity contribution in [3.05, 3.63) is 41.4 Å². The molecule has 0 aliphatic carbocycles. The quantitative estimate of drug-likeness (QED) is 0.799. The molecule has 0 saturated carbocycles. The summed E-state index contributed by atoms with van der Waals surface area (Å²) in [4.78, 5) is 2.29. The van der Waals surface area contributed by atoms with E-state index in [-0.39, 0.29) is 0 Å². The standard InChI is InChI=1S/C13H16N4OS/c19-13-16(12-4-2-1-3-5-12)10-14-17(13)11-15-6-8-18-9-7-15/h1-5,10H,6-9,11H2. The average molecular weight is 276 g/mol. The van der Waals surface area contributed by atoms with E-state index >= 15 is 0 Å². The average Bonchev–Trinajstić information content (AvgIpc) is 2.82. The Labute approximate surface area is 117 Å². The fourth-order valence-corrected chi connectivity index (χ4v) is 2.39. The van der Waals surface area contributed by atoms with E-state index in [1.165, 1.54) is 0 Å². The van der Waals surface area contributed by atoms with Gasteiger partial charge in [-0.25, -0.2) is 4.68 Å². The first kappa shape index (κ1) is 12.5. The van der Waals surface area contributed by atoms with Crippen LogP contribution in [0, 0.1) is 4.77 Å². The van der Waals surface area contributed by atoms with Crippen LogP contribution < -0.4 is 0 Å². The first-order valence-electron chi connectivity index (χ1n) is 6.34. The number of rotatable bonds is 3. The molecule has 1 saturated heterocycles. The van der Waals surface area contributed by atoms with E-state index in [0.29, 0.717) is 0 Å². The van der Waals surface area contributed by atoms with Gasteiger partial charge in [0, 0.05) is 18.8 Å². The smallest absolute Gasteiger partial charge is 0.203 e. The lowest BCUT2D eigenvalue weighted by molar-refractivity contribution is 0.0210. The van der Waals surface area contributed by atoms with Crippen LogP contribution in [0.3, 0.4) is 0 Å². The third kappa shape index (κ3) is 2.75. The van der Waals surface area contributed by atoms with Gasteiger partial charge < -0.3 is 4.74 Å². The summed E-state index contributed by atoms with van der Waals surface area (Å²) in [5, 5.41) is 4.38. The summed E-state index contributed by atoms with van der Waals surface area (Å²) in [6.45, 7) is 4.15. The van der Waals surface area contributed by atoms with Crippen molar-refractivity contribution in [1.82, 2.24) is 19.2 Å². The fraction of sp³-hybridized carbons (Fsp3) is 0.385. The van der Waals surface area contributed by atoms with Crippen LogP contribution in [-0.2, 0) is 11.4 Å². The predicted molar refractivity (Wildman–Crippen MR) is 74.8 cm³/mol. The van der Waals surface area contributed by atoms with E-state index in [1.807, 2.05) is 39.6 Å². The van der Waals surface area contributed by atoms with E-state index in [0.717, 1.165) is 43.4 Å². The van der Waals surface area contributed by atoms with Crippen molar-refractivity contribution in [2.75, 3.05) is 26.3 Å². The molecule has 0 N–H and O–H groups in total. The third-order valence-corrected chi connectivity index (χ3v) is 3.61. The molecule has 0 amide bonds. The zero-order valence-electron chi connectivity index (χ0n) is 10.6. The Morgan fingerprint density at radius 2 is 1.89 bits per heavy atom. The highest BCUT2D eigenvalue weighted by Crippen LogP contribution is 2.08. The zero-order chi connectivity index (χ0) is 13.1. The molecular formula is C13H16N4OS. The van der Waals surface area contributed by atoms with Crippen molar-refractivity contribution in [2.24, 2.45) is 0 Å². The Morgan fingerprint density at radius 1 is 1.16 bits per heavy atom. The van der Waals surface area contributed by atoms with Crippen LogP contribution in [0.1, 0.15) is 0 Å². The molecule has 3 rings (SSSR count). The van der Waals surface area contributed by atoms with Gasteiger partial charge in [0.15, 0.2) is 0 Å². The number of nitrogens with zero attached hydrogens (tertiary/aromatic N) is 4. The van der Waals surface area contributed by atoms with Gasteiger partial charge >= 0.3 is 0 Å². The molecule has 1 aromatic carbocycles. The van der Waals surface area contributed by atoms with Gasteiger partial charge in [-0.15, -0.1) is 0 Å². The van der Waals surface area contributed by atoms with Crippen LogP contribution in [0.15, 0.2) is 36.7 Å². The SMILES string of the molecule is S=c1n(-c2ccccc2)cnn1CN1CCOCC1. The second-order valence-electron chi connectivity index (χ2n) is 4.49. The number of aromatic nitrogens is 3. The summed E-state index contributed by atoms with van der Waals surface area (Å²) < 4.78 is 9.84. The van der Waals surface area contributed by atoms with Crippen LogP contribution in [0.25, 0.3) is 5.69 Å². The number of hydrogen-bond acceptors (Lipinski definition) is 4. The molecule has 100 valence electrons. The molecule has 0 spiro atoms. The normalized spacial score (nSPS) is 16.6. The van der Waals surface area contributed by atoms with E-state index in [4.69, 9.17) is 17.0 Å². The number of para-hydroxylation sites is 1. The maximum Gasteiger partial charge on any atom is 0.203 e. The molecule has 19 heavy (non-hydrogen) atoms. The Hall–Kier alpha value is -1.50. The highest BCUT2D eigenvalue weighted by Gasteiger charge is 2.12. The predicted octanol–water partition coefficient (Wildman–Crippen LogP) is 1.69. The molecule has 6 heteroatoms. The van der Waals surface area contributed by atoms with E-state index in [9.17, 15) is 0 Å². The summed E-state index contributed by atoms with van der Waals surface area (Å²) in [6, 6.07) is 10.0. The van der Waals surface area contributed by atoms with Gasteiger partial charge in [-0.3, -0.25) is 9.47 Å². The molecule has 0 radical (unpaired) electrons. The molecule has 0 atom stereocenters. The maximum atomic E-state index is 5.48. The van der Waals surface area contributed by atoms with Gasteiger partial charge in [0.1, 0.15) is 6.33 Å². The van der Waals surface area contributed by atoms with Gasteiger partial charge in [0.25, 0.3) is 0 Å². The largest absolute Gasteiger partial charge is 0.379 e. The van der Waals surface area contributed by atoms with Crippen LogP contribution >= 0.6 is 12.2 Å². The molecule has 1 fully saturated rings. The molecular weight excluding hydrogens is 260 g/mol. The summed E-state index contributed by atoms with van der Waals surface area (Å²) in [6.07, 6.45) is 1.78. The van der Waals surface area contributed by atoms with Crippen molar-refractivity contribution in [3.63, 3.8) is 0 Å². The molecule has 5 nitrogen and oxygen atoms in total. The molecule has 1 aliphatic rings. The van der Waals surface area contributed by atoms with Crippen molar-refractivity contribution in [3.8, 4) is 5.69 Å². The van der Waals surface area contributed by atoms with E-state index in [2.05, 4.69) is 10.00 Å². The minimum absolute atomic E-state index is 0.720. The van der Waals surface area contributed by atoms with Gasteiger partial charge in [0.05, 0.1) is 19.9 Å². The summed E-state index contributed by atoms with van der Waals surface area (Å²) in [5.74, 6) is 0. The molecule has 1 aliphatic heterocycles. The van der Waals surface area contributed by atoms with Crippen molar-refractivity contribution in [2.45, 2.75) is 6.67 Å².